The second kappa shape index (κ2) is 6.72. The molecule has 2 saturated heterocycles. The maximum absolute atomic E-state index is 12.7. The van der Waals surface area contributed by atoms with E-state index in [4.69, 9.17) is 4.74 Å². The largest absolute Gasteiger partial charge is 0.462 e. The summed E-state index contributed by atoms with van der Waals surface area (Å²) >= 11 is 0. The number of hydrogen-bond donors (Lipinski definition) is 0. The Morgan fingerprint density at radius 1 is 1.32 bits per heavy atom. The lowest BCUT2D eigenvalue weighted by Crippen LogP contribution is -2.47. The molecule has 0 N–H and O–H groups in total. The van der Waals surface area contributed by atoms with Crippen molar-refractivity contribution in [2.45, 2.75) is 83.8 Å². The molecule has 3 heteroatoms. The lowest BCUT2D eigenvalue weighted by atomic mass is 9.55. The molecule has 140 valence electrons. The number of fused-ring (bicyclic) bond motifs is 2. The number of carbonyl (C=O) groups excluding carboxylic acids is 1. The van der Waals surface area contributed by atoms with Gasteiger partial charge in [0.05, 0.1) is 5.92 Å². The third-order valence-electron chi connectivity index (χ3n) is 7.97. The van der Waals surface area contributed by atoms with Crippen LogP contribution in [0.3, 0.4) is 0 Å². The highest BCUT2D eigenvalue weighted by Crippen LogP contribution is 2.57. The molecule has 0 spiro atoms. The number of hydrogen-bond acceptors (Lipinski definition) is 3. The van der Waals surface area contributed by atoms with Crippen LogP contribution in [-0.4, -0.2) is 36.1 Å². The number of rotatable bonds is 3. The average molecular weight is 346 g/mol. The summed E-state index contributed by atoms with van der Waals surface area (Å²) in [6, 6.07) is 0.666. The van der Waals surface area contributed by atoms with Crippen LogP contribution in [0.1, 0.15) is 71.6 Å². The fourth-order valence-corrected chi connectivity index (χ4v) is 6.48. The zero-order valence-electron chi connectivity index (χ0n) is 16.1. The summed E-state index contributed by atoms with van der Waals surface area (Å²) in [5.41, 5.74) is 1.75. The number of likely N-dealkylation sites (tertiary alicyclic amines) is 1. The molecule has 0 aromatic heterocycles. The van der Waals surface area contributed by atoms with Gasteiger partial charge in [0.1, 0.15) is 6.10 Å². The molecular formula is C22H35NO2. The Labute approximate surface area is 153 Å². The minimum Gasteiger partial charge on any atom is -0.462 e. The van der Waals surface area contributed by atoms with Crippen molar-refractivity contribution < 1.29 is 9.53 Å². The van der Waals surface area contributed by atoms with Crippen LogP contribution in [0, 0.1) is 23.2 Å². The van der Waals surface area contributed by atoms with Crippen LogP contribution in [0.25, 0.3) is 0 Å². The lowest BCUT2D eigenvalue weighted by molar-refractivity contribution is -0.146. The SMILES string of the molecule is C=C1CCC[C@]2(C)C[C@H]3OC(=O)[C@H](CN4CCCC[C@@H]4CC)[C@H]3C[C@H]12. The molecule has 4 rings (SSSR count). The van der Waals surface area contributed by atoms with Crippen LogP contribution in [0.15, 0.2) is 12.2 Å². The molecule has 2 aliphatic heterocycles. The van der Waals surface area contributed by atoms with Crippen LogP contribution in [0.4, 0.5) is 0 Å². The highest BCUT2D eigenvalue weighted by molar-refractivity contribution is 5.75. The van der Waals surface area contributed by atoms with Crippen molar-refractivity contribution >= 4 is 5.97 Å². The second-order valence-electron chi connectivity index (χ2n) is 9.46. The zero-order chi connectivity index (χ0) is 17.6. The topological polar surface area (TPSA) is 29.5 Å². The molecule has 0 amide bonds. The molecule has 6 atom stereocenters. The Bertz CT molecular complexity index is 544. The minimum absolute atomic E-state index is 0.0864. The zero-order valence-corrected chi connectivity index (χ0v) is 16.1. The second-order valence-corrected chi connectivity index (χ2v) is 9.46. The van der Waals surface area contributed by atoms with Crippen molar-refractivity contribution in [1.29, 1.82) is 0 Å². The Kier molecular flexibility index (Phi) is 4.72. The normalized spacial score (nSPS) is 45.0. The van der Waals surface area contributed by atoms with E-state index in [1.807, 2.05) is 0 Å². The summed E-state index contributed by atoms with van der Waals surface area (Å²) in [7, 11) is 0. The highest BCUT2D eigenvalue weighted by atomic mass is 16.6. The molecular weight excluding hydrogens is 310 g/mol. The molecule has 3 nitrogen and oxygen atoms in total. The summed E-state index contributed by atoms with van der Waals surface area (Å²) in [6.45, 7) is 11.2. The smallest absolute Gasteiger partial charge is 0.310 e. The first kappa shape index (κ1) is 17.6. The van der Waals surface area contributed by atoms with Gasteiger partial charge < -0.3 is 4.74 Å². The molecule has 2 heterocycles. The maximum Gasteiger partial charge on any atom is 0.310 e. The van der Waals surface area contributed by atoms with E-state index in [0.717, 1.165) is 25.9 Å². The Hall–Kier alpha value is -0.830. The van der Waals surface area contributed by atoms with Crippen LogP contribution in [0.2, 0.25) is 0 Å². The number of allylic oxidation sites excluding steroid dienone is 1. The Morgan fingerprint density at radius 3 is 2.96 bits per heavy atom. The molecule has 4 fully saturated rings. The van der Waals surface area contributed by atoms with Crippen molar-refractivity contribution in [3.63, 3.8) is 0 Å². The summed E-state index contributed by atoms with van der Waals surface area (Å²) in [5, 5.41) is 0. The number of nitrogens with zero attached hydrogens (tertiary/aromatic N) is 1. The molecule has 25 heavy (non-hydrogen) atoms. The van der Waals surface area contributed by atoms with Crippen molar-refractivity contribution in [3.8, 4) is 0 Å². The van der Waals surface area contributed by atoms with Crippen LogP contribution in [-0.2, 0) is 9.53 Å². The molecule has 2 aliphatic carbocycles. The van der Waals surface area contributed by atoms with E-state index in [0.29, 0.717) is 23.3 Å². The van der Waals surface area contributed by atoms with E-state index in [9.17, 15) is 4.79 Å². The minimum atomic E-state index is 0.0864. The van der Waals surface area contributed by atoms with Crippen molar-refractivity contribution in [1.82, 2.24) is 4.90 Å². The van der Waals surface area contributed by atoms with Crippen LogP contribution < -0.4 is 0 Å². The third-order valence-corrected chi connectivity index (χ3v) is 7.97. The average Bonchev–Trinajstić information content (AvgIpc) is 2.88. The number of esters is 1. The fraction of sp³-hybridized carbons (Fsp3) is 0.864. The van der Waals surface area contributed by atoms with E-state index in [1.54, 1.807) is 0 Å². The highest BCUT2D eigenvalue weighted by Gasteiger charge is 2.55. The number of piperidine rings is 1. The molecule has 0 aromatic carbocycles. The summed E-state index contributed by atoms with van der Waals surface area (Å²) in [4.78, 5) is 15.3. The standard InChI is InChI=1S/C22H35NO2/c1-4-16-9-5-6-11-23(16)14-18-17-12-19-15(2)8-7-10-22(19,3)13-20(17)25-21(18)24/h16-20H,2,4-14H2,1,3H3/t16-,17+,18+,19+,20+,22+/m0/s1. The van der Waals surface area contributed by atoms with Gasteiger partial charge in [-0.3, -0.25) is 9.69 Å². The summed E-state index contributed by atoms with van der Waals surface area (Å²) in [5.74, 6) is 1.20. The Morgan fingerprint density at radius 2 is 2.16 bits per heavy atom. The van der Waals surface area contributed by atoms with Gasteiger partial charge in [-0.15, -0.1) is 0 Å². The van der Waals surface area contributed by atoms with Gasteiger partial charge in [0, 0.05) is 18.5 Å². The quantitative estimate of drug-likeness (QED) is 0.554. The van der Waals surface area contributed by atoms with Gasteiger partial charge in [-0.25, -0.2) is 0 Å². The molecule has 0 bridgehead atoms. The third kappa shape index (κ3) is 3.07. The predicted octanol–water partition coefficient (Wildman–Crippen LogP) is 4.57. The van der Waals surface area contributed by atoms with Gasteiger partial charge in [0.2, 0.25) is 0 Å². The van der Waals surface area contributed by atoms with Gasteiger partial charge in [-0.2, -0.15) is 0 Å². The van der Waals surface area contributed by atoms with E-state index in [2.05, 4.69) is 25.3 Å². The van der Waals surface area contributed by atoms with Gasteiger partial charge in [0.25, 0.3) is 0 Å². The fourth-order valence-electron chi connectivity index (χ4n) is 6.48. The maximum atomic E-state index is 12.7. The van der Waals surface area contributed by atoms with E-state index in [1.165, 1.54) is 50.5 Å². The van der Waals surface area contributed by atoms with Crippen molar-refractivity contribution in [3.05, 3.63) is 12.2 Å². The first-order valence-corrected chi connectivity index (χ1v) is 10.6. The van der Waals surface area contributed by atoms with Gasteiger partial charge in [-0.05, 0) is 69.2 Å². The molecule has 2 saturated carbocycles. The molecule has 4 aliphatic rings. The van der Waals surface area contributed by atoms with Gasteiger partial charge >= 0.3 is 5.97 Å². The summed E-state index contributed by atoms with van der Waals surface area (Å²) in [6.07, 6.45) is 11.2. The van der Waals surface area contributed by atoms with E-state index >= 15 is 0 Å². The summed E-state index contributed by atoms with van der Waals surface area (Å²) < 4.78 is 5.94. The first-order valence-electron chi connectivity index (χ1n) is 10.6. The molecule has 0 unspecified atom stereocenters. The molecule has 0 aromatic rings. The van der Waals surface area contributed by atoms with Crippen molar-refractivity contribution in [2.24, 2.45) is 23.2 Å². The first-order chi connectivity index (χ1) is 12.0. The van der Waals surface area contributed by atoms with Gasteiger partial charge in [0.15, 0.2) is 0 Å². The Balaban J connectivity index is 1.51. The monoisotopic (exact) mass is 345 g/mol. The number of ether oxygens (including phenoxy) is 1. The predicted molar refractivity (Wildman–Crippen MR) is 100 cm³/mol. The van der Waals surface area contributed by atoms with E-state index in [-0.39, 0.29) is 18.0 Å². The van der Waals surface area contributed by atoms with Crippen LogP contribution >= 0.6 is 0 Å². The van der Waals surface area contributed by atoms with E-state index < -0.39 is 0 Å². The molecule has 0 radical (unpaired) electrons. The van der Waals surface area contributed by atoms with Crippen molar-refractivity contribution in [2.75, 3.05) is 13.1 Å². The number of carbonyl (C=O) groups is 1. The van der Waals surface area contributed by atoms with Crippen LogP contribution in [0.5, 0.6) is 0 Å². The lowest BCUT2D eigenvalue weighted by Gasteiger charge is -2.50. The van der Waals surface area contributed by atoms with Gasteiger partial charge in [-0.1, -0.05) is 32.4 Å².